The first kappa shape index (κ1) is 16.8. The molecule has 0 spiro atoms. The minimum absolute atomic E-state index is 0.162. The van der Waals surface area contributed by atoms with Crippen LogP contribution in [-0.2, 0) is 6.54 Å². The Kier molecular flexibility index (Phi) is 4.57. The summed E-state index contributed by atoms with van der Waals surface area (Å²) in [6.45, 7) is 3.81. The maximum absolute atomic E-state index is 12.6. The van der Waals surface area contributed by atoms with E-state index in [-0.39, 0.29) is 11.5 Å². The minimum Gasteiger partial charge on any atom is -0.339 e. The minimum atomic E-state index is -4.29. The first-order chi connectivity index (χ1) is 10.7. The van der Waals surface area contributed by atoms with Crippen LogP contribution in [0.5, 0.6) is 0 Å². The number of hydrogen-bond acceptors (Lipinski definition) is 4. The number of rotatable bonds is 4. The second-order valence-electron chi connectivity index (χ2n) is 5.13. The molecule has 0 bridgehead atoms. The molecule has 124 valence electrons. The van der Waals surface area contributed by atoms with Crippen molar-refractivity contribution in [2.45, 2.75) is 33.5 Å². The SMILES string of the molecule is Cc1cc(=O)[nH]c(NN=Cc2cc(C)n(CC(F)(F)F)c2C)n1. The third kappa shape index (κ3) is 4.44. The number of nitrogens with zero attached hydrogens (tertiary/aromatic N) is 3. The zero-order valence-electron chi connectivity index (χ0n) is 12.8. The third-order valence-electron chi connectivity index (χ3n) is 3.19. The van der Waals surface area contributed by atoms with Crippen molar-refractivity contribution >= 4 is 12.2 Å². The van der Waals surface area contributed by atoms with Gasteiger partial charge >= 0.3 is 6.18 Å². The lowest BCUT2D eigenvalue weighted by atomic mass is 10.3. The predicted octanol–water partition coefficient (Wildman–Crippen LogP) is 2.50. The van der Waals surface area contributed by atoms with E-state index in [2.05, 4.69) is 20.5 Å². The molecule has 0 atom stereocenters. The lowest BCUT2D eigenvalue weighted by Crippen LogP contribution is -2.19. The third-order valence-corrected chi connectivity index (χ3v) is 3.19. The number of aromatic nitrogens is 3. The standard InChI is InChI=1S/C14H16F3N5O/c1-8-4-12(23)20-13(19-8)21-18-6-11-5-9(2)22(10(11)3)7-14(15,16)17/h4-6H,7H2,1-3H3,(H2,19,20,21,23). The Morgan fingerprint density at radius 3 is 2.65 bits per heavy atom. The fraction of sp³-hybridized carbons (Fsp3) is 0.357. The lowest BCUT2D eigenvalue weighted by molar-refractivity contribution is -0.141. The molecule has 0 fully saturated rings. The van der Waals surface area contributed by atoms with Crippen molar-refractivity contribution in [2.24, 2.45) is 5.10 Å². The van der Waals surface area contributed by atoms with Crippen molar-refractivity contribution in [3.8, 4) is 0 Å². The maximum Gasteiger partial charge on any atom is 0.406 e. The smallest absolute Gasteiger partial charge is 0.339 e. The van der Waals surface area contributed by atoms with E-state index < -0.39 is 12.7 Å². The zero-order valence-corrected chi connectivity index (χ0v) is 12.8. The number of hydrogen-bond donors (Lipinski definition) is 2. The van der Waals surface area contributed by atoms with E-state index in [1.807, 2.05) is 0 Å². The number of H-pyrrole nitrogens is 1. The normalized spacial score (nSPS) is 12.1. The summed E-state index contributed by atoms with van der Waals surface area (Å²) in [4.78, 5) is 17.8. The summed E-state index contributed by atoms with van der Waals surface area (Å²) in [7, 11) is 0. The van der Waals surface area contributed by atoms with E-state index in [0.29, 0.717) is 22.6 Å². The second-order valence-corrected chi connectivity index (χ2v) is 5.13. The van der Waals surface area contributed by atoms with Crippen molar-refractivity contribution in [2.75, 3.05) is 5.43 Å². The van der Waals surface area contributed by atoms with Crippen LogP contribution in [0.1, 0.15) is 22.6 Å². The average Bonchev–Trinajstić information content (AvgIpc) is 2.64. The number of hydrazone groups is 1. The van der Waals surface area contributed by atoms with Crippen molar-refractivity contribution in [3.63, 3.8) is 0 Å². The van der Waals surface area contributed by atoms with Crippen LogP contribution in [0.3, 0.4) is 0 Å². The Hall–Kier alpha value is -2.58. The number of nitrogens with one attached hydrogen (secondary N) is 2. The molecule has 2 N–H and O–H groups in total. The Labute approximate surface area is 130 Å². The van der Waals surface area contributed by atoms with Gasteiger partial charge < -0.3 is 4.57 Å². The number of anilines is 1. The molecule has 23 heavy (non-hydrogen) atoms. The molecule has 0 radical (unpaired) electrons. The van der Waals surface area contributed by atoms with E-state index in [4.69, 9.17) is 0 Å². The zero-order chi connectivity index (χ0) is 17.2. The van der Waals surface area contributed by atoms with Crippen molar-refractivity contribution in [1.82, 2.24) is 14.5 Å². The van der Waals surface area contributed by atoms with Gasteiger partial charge in [-0.3, -0.25) is 9.78 Å². The molecule has 2 heterocycles. The molecule has 0 amide bonds. The van der Waals surface area contributed by atoms with Crippen LogP contribution < -0.4 is 11.0 Å². The highest BCUT2D eigenvalue weighted by molar-refractivity contribution is 5.82. The highest BCUT2D eigenvalue weighted by atomic mass is 19.4. The van der Waals surface area contributed by atoms with E-state index in [9.17, 15) is 18.0 Å². The van der Waals surface area contributed by atoms with Gasteiger partial charge in [0.15, 0.2) is 0 Å². The van der Waals surface area contributed by atoms with Crippen molar-refractivity contribution in [1.29, 1.82) is 0 Å². The van der Waals surface area contributed by atoms with Crippen LogP contribution in [0.15, 0.2) is 22.0 Å². The Balaban J connectivity index is 2.17. The topological polar surface area (TPSA) is 75.1 Å². The van der Waals surface area contributed by atoms with Gasteiger partial charge in [-0.2, -0.15) is 18.3 Å². The van der Waals surface area contributed by atoms with E-state index >= 15 is 0 Å². The molecule has 2 aromatic heterocycles. The van der Waals surface area contributed by atoms with Gasteiger partial charge in [-0.25, -0.2) is 10.4 Å². The monoisotopic (exact) mass is 327 g/mol. The summed E-state index contributed by atoms with van der Waals surface area (Å²) >= 11 is 0. The summed E-state index contributed by atoms with van der Waals surface area (Å²) in [6.07, 6.45) is -2.90. The summed E-state index contributed by atoms with van der Waals surface area (Å²) in [5.41, 5.74) is 4.25. The van der Waals surface area contributed by atoms with Crippen LogP contribution >= 0.6 is 0 Å². The molecule has 0 aliphatic rings. The van der Waals surface area contributed by atoms with Gasteiger partial charge in [0.25, 0.3) is 5.56 Å². The van der Waals surface area contributed by atoms with Gasteiger partial charge in [-0.15, -0.1) is 0 Å². The summed E-state index contributed by atoms with van der Waals surface area (Å²) in [5.74, 6) is 0.162. The van der Waals surface area contributed by atoms with Gasteiger partial charge in [-0.05, 0) is 26.8 Å². The van der Waals surface area contributed by atoms with Gasteiger partial charge in [-0.1, -0.05) is 0 Å². The fourth-order valence-electron chi connectivity index (χ4n) is 2.18. The summed E-state index contributed by atoms with van der Waals surface area (Å²) in [6, 6.07) is 2.94. The molecule has 2 rings (SSSR count). The molecule has 2 aromatic rings. The lowest BCUT2D eigenvalue weighted by Gasteiger charge is -2.12. The molecule has 0 saturated heterocycles. The largest absolute Gasteiger partial charge is 0.406 e. The molecular formula is C14H16F3N5O. The van der Waals surface area contributed by atoms with E-state index in [1.54, 1.807) is 26.8 Å². The molecule has 0 aromatic carbocycles. The molecular weight excluding hydrogens is 311 g/mol. The van der Waals surface area contributed by atoms with Crippen LogP contribution in [0, 0.1) is 20.8 Å². The van der Waals surface area contributed by atoms with Crippen LogP contribution in [0.25, 0.3) is 0 Å². The quantitative estimate of drug-likeness (QED) is 0.669. The number of aromatic amines is 1. The molecule has 0 aliphatic heterocycles. The molecule has 9 heteroatoms. The highest BCUT2D eigenvalue weighted by Gasteiger charge is 2.29. The fourth-order valence-corrected chi connectivity index (χ4v) is 2.18. The number of aryl methyl sites for hydroxylation is 2. The number of halogens is 3. The Morgan fingerprint density at radius 2 is 2.04 bits per heavy atom. The first-order valence-electron chi connectivity index (χ1n) is 6.76. The molecule has 0 unspecified atom stereocenters. The van der Waals surface area contributed by atoms with E-state index in [1.165, 1.54) is 16.8 Å². The Bertz CT molecular complexity index is 789. The molecule has 0 saturated carbocycles. The second kappa shape index (κ2) is 6.27. The average molecular weight is 327 g/mol. The predicted molar refractivity (Wildman–Crippen MR) is 80.8 cm³/mol. The van der Waals surface area contributed by atoms with Crippen LogP contribution in [-0.4, -0.2) is 26.9 Å². The number of alkyl halides is 3. The summed E-state index contributed by atoms with van der Waals surface area (Å²) < 4.78 is 38.8. The van der Waals surface area contributed by atoms with Gasteiger partial charge in [0.2, 0.25) is 5.95 Å². The molecule has 0 aliphatic carbocycles. The van der Waals surface area contributed by atoms with Crippen LogP contribution in [0.2, 0.25) is 0 Å². The van der Waals surface area contributed by atoms with Crippen molar-refractivity contribution in [3.05, 3.63) is 45.1 Å². The van der Waals surface area contributed by atoms with Crippen molar-refractivity contribution < 1.29 is 13.2 Å². The highest BCUT2D eigenvalue weighted by Crippen LogP contribution is 2.22. The van der Waals surface area contributed by atoms with Crippen LogP contribution in [0.4, 0.5) is 19.1 Å². The molecule has 6 nitrogen and oxygen atoms in total. The van der Waals surface area contributed by atoms with Gasteiger partial charge in [0.1, 0.15) is 6.54 Å². The maximum atomic E-state index is 12.6. The van der Waals surface area contributed by atoms with Gasteiger partial charge in [0.05, 0.1) is 6.21 Å². The first-order valence-corrected chi connectivity index (χ1v) is 6.76. The Morgan fingerprint density at radius 1 is 1.35 bits per heavy atom. The summed E-state index contributed by atoms with van der Waals surface area (Å²) in [5, 5.41) is 3.90. The van der Waals surface area contributed by atoms with E-state index in [0.717, 1.165) is 0 Å². The van der Waals surface area contributed by atoms with Gasteiger partial charge in [0, 0.05) is 28.7 Å².